The van der Waals surface area contributed by atoms with Crippen LogP contribution in [0.3, 0.4) is 0 Å². The molecule has 0 fully saturated rings. The summed E-state index contributed by atoms with van der Waals surface area (Å²) in [5.41, 5.74) is 3.07. The molecule has 0 aliphatic carbocycles. The molecule has 1 unspecified atom stereocenters. The predicted molar refractivity (Wildman–Crippen MR) is 66.9 cm³/mol. The first kappa shape index (κ1) is 11.2. The zero-order chi connectivity index (χ0) is 12.5. The highest BCUT2D eigenvalue weighted by molar-refractivity contribution is 5.63. The monoisotopic (exact) mass is 244 g/mol. The van der Waals surface area contributed by atoms with Gasteiger partial charge in [-0.15, -0.1) is 0 Å². The van der Waals surface area contributed by atoms with E-state index in [0.29, 0.717) is 0 Å². The van der Waals surface area contributed by atoms with Crippen molar-refractivity contribution in [1.29, 1.82) is 0 Å². The predicted octanol–water partition coefficient (Wildman–Crippen LogP) is 2.27. The normalized spacial score (nSPS) is 15.0. The molecular formula is C14H13FN2O. The Hall–Kier alpha value is -1.94. The zero-order valence-corrected chi connectivity index (χ0v) is 9.73. The summed E-state index contributed by atoms with van der Waals surface area (Å²) in [6, 6.07) is 7.24. The molecule has 92 valence electrons. The van der Waals surface area contributed by atoms with E-state index in [1.54, 1.807) is 0 Å². The molecule has 1 aliphatic rings. The Bertz CT molecular complexity index is 586. The molecule has 18 heavy (non-hydrogen) atoms. The fraction of sp³-hybridized carbons (Fsp3) is 0.214. The van der Waals surface area contributed by atoms with Crippen LogP contribution < -0.4 is 5.32 Å². The second-order valence-corrected chi connectivity index (χ2v) is 4.36. The maximum atomic E-state index is 13.6. The number of para-hydroxylation sites is 1. The van der Waals surface area contributed by atoms with Crippen LogP contribution in [-0.2, 0) is 6.42 Å². The number of aliphatic hydroxyl groups is 1. The lowest BCUT2D eigenvalue weighted by Gasteiger charge is -2.16. The van der Waals surface area contributed by atoms with Crippen LogP contribution in [0, 0.1) is 5.82 Å². The summed E-state index contributed by atoms with van der Waals surface area (Å²) in [5, 5.41) is 13.6. The first-order valence-corrected chi connectivity index (χ1v) is 5.90. The van der Waals surface area contributed by atoms with Crippen molar-refractivity contribution in [2.24, 2.45) is 0 Å². The summed E-state index contributed by atoms with van der Waals surface area (Å²) in [7, 11) is 0. The minimum atomic E-state index is -0.964. The van der Waals surface area contributed by atoms with Gasteiger partial charge in [0.1, 0.15) is 11.9 Å². The molecule has 2 heterocycles. The number of benzene rings is 1. The molecular weight excluding hydrogens is 231 g/mol. The average molecular weight is 244 g/mol. The smallest absolute Gasteiger partial charge is 0.147 e. The van der Waals surface area contributed by atoms with Crippen LogP contribution in [0.5, 0.6) is 0 Å². The number of rotatable bonds is 2. The third-order valence-electron chi connectivity index (χ3n) is 3.27. The van der Waals surface area contributed by atoms with E-state index in [-0.39, 0.29) is 5.56 Å². The Labute approximate surface area is 104 Å². The van der Waals surface area contributed by atoms with E-state index in [1.807, 2.05) is 18.2 Å². The van der Waals surface area contributed by atoms with Crippen LogP contribution in [0.25, 0.3) is 0 Å². The van der Waals surface area contributed by atoms with E-state index in [0.717, 1.165) is 30.4 Å². The van der Waals surface area contributed by atoms with Gasteiger partial charge in [0.25, 0.3) is 0 Å². The van der Waals surface area contributed by atoms with Crippen LogP contribution in [0.15, 0.2) is 36.7 Å². The van der Waals surface area contributed by atoms with Crippen molar-refractivity contribution in [3.05, 3.63) is 59.2 Å². The molecule has 0 radical (unpaired) electrons. The lowest BCUT2D eigenvalue weighted by molar-refractivity contribution is 0.215. The third-order valence-corrected chi connectivity index (χ3v) is 3.27. The molecule has 1 atom stereocenters. The highest BCUT2D eigenvalue weighted by Crippen LogP contribution is 2.34. The van der Waals surface area contributed by atoms with E-state index in [4.69, 9.17) is 0 Å². The van der Waals surface area contributed by atoms with Gasteiger partial charge in [-0.25, -0.2) is 4.39 Å². The average Bonchev–Trinajstić information content (AvgIpc) is 2.86. The lowest BCUT2D eigenvalue weighted by Crippen LogP contribution is -2.06. The van der Waals surface area contributed by atoms with Gasteiger partial charge in [0.2, 0.25) is 0 Å². The van der Waals surface area contributed by atoms with Crippen LogP contribution >= 0.6 is 0 Å². The van der Waals surface area contributed by atoms with Crippen LogP contribution in [0.1, 0.15) is 22.8 Å². The van der Waals surface area contributed by atoms with E-state index in [9.17, 15) is 9.50 Å². The highest BCUT2D eigenvalue weighted by Gasteiger charge is 2.21. The van der Waals surface area contributed by atoms with Gasteiger partial charge < -0.3 is 10.4 Å². The molecule has 0 saturated heterocycles. The number of fused-ring (bicyclic) bond motifs is 1. The number of anilines is 1. The molecule has 2 aromatic rings. The van der Waals surface area contributed by atoms with Crippen molar-refractivity contribution in [2.45, 2.75) is 12.5 Å². The van der Waals surface area contributed by atoms with Gasteiger partial charge >= 0.3 is 0 Å². The molecule has 0 spiro atoms. The number of nitrogens with one attached hydrogen (secondary N) is 1. The molecule has 2 N–H and O–H groups in total. The fourth-order valence-corrected chi connectivity index (χ4v) is 2.37. The van der Waals surface area contributed by atoms with E-state index < -0.39 is 11.9 Å². The van der Waals surface area contributed by atoms with Crippen molar-refractivity contribution < 1.29 is 9.50 Å². The van der Waals surface area contributed by atoms with Crippen LogP contribution in [0.2, 0.25) is 0 Å². The van der Waals surface area contributed by atoms with Crippen LogP contribution in [-0.4, -0.2) is 16.6 Å². The number of aromatic nitrogens is 1. The largest absolute Gasteiger partial charge is 0.384 e. The molecule has 1 aliphatic heterocycles. The second kappa shape index (κ2) is 4.38. The summed E-state index contributed by atoms with van der Waals surface area (Å²) in [4.78, 5) is 3.69. The van der Waals surface area contributed by atoms with Gasteiger partial charge in [-0.3, -0.25) is 4.98 Å². The number of halogens is 1. The Morgan fingerprint density at radius 2 is 2.17 bits per heavy atom. The van der Waals surface area contributed by atoms with Crippen molar-refractivity contribution in [3.8, 4) is 0 Å². The minimum absolute atomic E-state index is 0.257. The Kier molecular flexibility index (Phi) is 2.72. The van der Waals surface area contributed by atoms with Gasteiger partial charge in [0.05, 0.1) is 6.20 Å². The molecule has 1 aromatic carbocycles. The zero-order valence-electron chi connectivity index (χ0n) is 9.73. The maximum absolute atomic E-state index is 13.6. The lowest BCUT2D eigenvalue weighted by atomic mass is 9.98. The van der Waals surface area contributed by atoms with Gasteiger partial charge in [-0.2, -0.15) is 0 Å². The van der Waals surface area contributed by atoms with Crippen molar-refractivity contribution in [3.63, 3.8) is 0 Å². The molecule has 0 bridgehead atoms. The number of aliphatic hydroxyl groups excluding tert-OH is 1. The topological polar surface area (TPSA) is 45.2 Å². The molecule has 4 heteroatoms. The summed E-state index contributed by atoms with van der Waals surface area (Å²) in [6.07, 6.45) is 2.58. The van der Waals surface area contributed by atoms with Crippen molar-refractivity contribution >= 4 is 5.69 Å². The molecule has 1 aromatic heterocycles. The minimum Gasteiger partial charge on any atom is -0.384 e. The highest BCUT2D eigenvalue weighted by atomic mass is 19.1. The fourth-order valence-electron chi connectivity index (χ4n) is 2.37. The van der Waals surface area contributed by atoms with E-state index in [2.05, 4.69) is 10.3 Å². The summed E-state index contributed by atoms with van der Waals surface area (Å²) in [5.74, 6) is -0.486. The third kappa shape index (κ3) is 1.75. The van der Waals surface area contributed by atoms with Gasteiger partial charge in [0.15, 0.2) is 0 Å². The van der Waals surface area contributed by atoms with E-state index >= 15 is 0 Å². The van der Waals surface area contributed by atoms with E-state index in [1.165, 1.54) is 17.8 Å². The first-order valence-electron chi connectivity index (χ1n) is 5.90. The first-order chi connectivity index (χ1) is 8.77. The Balaban J connectivity index is 2.06. The standard InChI is InChI=1S/C14H13FN2O/c15-12-8-16-6-5-10(12)14(18)11-3-1-2-9-4-7-17-13(9)11/h1-3,5-6,8,14,17-18H,4,7H2. The molecule has 0 amide bonds. The second-order valence-electron chi connectivity index (χ2n) is 4.36. The van der Waals surface area contributed by atoms with Gasteiger partial charge in [-0.1, -0.05) is 18.2 Å². The van der Waals surface area contributed by atoms with Crippen LogP contribution in [0.4, 0.5) is 10.1 Å². The summed E-state index contributed by atoms with van der Waals surface area (Å²) >= 11 is 0. The molecule has 3 nitrogen and oxygen atoms in total. The summed E-state index contributed by atoms with van der Waals surface area (Å²) in [6.45, 7) is 0.859. The Morgan fingerprint density at radius 3 is 3.00 bits per heavy atom. The molecule has 0 saturated carbocycles. The Morgan fingerprint density at radius 1 is 1.28 bits per heavy atom. The quantitative estimate of drug-likeness (QED) is 0.851. The number of nitrogens with zero attached hydrogens (tertiary/aromatic N) is 1. The SMILES string of the molecule is OC(c1ccncc1F)c1cccc2c1NCC2. The van der Waals surface area contributed by atoms with Gasteiger partial charge in [0, 0.05) is 29.6 Å². The molecule has 3 rings (SSSR count). The van der Waals surface area contributed by atoms with Crippen molar-refractivity contribution in [1.82, 2.24) is 4.98 Å². The number of hydrogen-bond donors (Lipinski definition) is 2. The van der Waals surface area contributed by atoms with Crippen molar-refractivity contribution in [2.75, 3.05) is 11.9 Å². The number of pyridine rings is 1. The summed E-state index contributed by atoms with van der Waals surface area (Å²) < 4.78 is 13.6. The maximum Gasteiger partial charge on any atom is 0.147 e. The van der Waals surface area contributed by atoms with Gasteiger partial charge in [-0.05, 0) is 18.1 Å². The number of hydrogen-bond acceptors (Lipinski definition) is 3.